The zero-order valence-electron chi connectivity index (χ0n) is 7.66. The zero-order valence-corrected chi connectivity index (χ0v) is 10.1. The largest absolute Gasteiger partial charge is 0.302 e. The number of halogens is 1. The molecule has 0 bridgehead atoms. The molecule has 0 spiro atoms. The van der Waals surface area contributed by atoms with Gasteiger partial charge >= 0.3 is 0 Å². The number of hydrogen-bond acceptors (Lipinski definition) is 2. The van der Waals surface area contributed by atoms with Gasteiger partial charge in [0.05, 0.1) is 0 Å². The Labute approximate surface area is 94.9 Å². The molecule has 2 aromatic rings. The third-order valence-electron chi connectivity index (χ3n) is 2.25. The second kappa shape index (κ2) is 3.83. The summed E-state index contributed by atoms with van der Waals surface area (Å²) in [5, 5.41) is 1.25. The van der Waals surface area contributed by atoms with E-state index in [0.717, 1.165) is 11.2 Å². The zero-order chi connectivity index (χ0) is 10.1. The third kappa shape index (κ3) is 1.51. The van der Waals surface area contributed by atoms with Crippen LogP contribution in [0.15, 0.2) is 24.3 Å². The second-order valence-electron chi connectivity index (χ2n) is 3.13. The number of thiophene rings is 1. The van der Waals surface area contributed by atoms with Crippen LogP contribution in [0.4, 0.5) is 0 Å². The van der Waals surface area contributed by atoms with Crippen molar-refractivity contribution < 1.29 is 4.79 Å². The van der Waals surface area contributed by atoms with Crippen LogP contribution in [-0.2, 0) is 4.79 Å². The van der Waals surface area contributed by atoms with Crippen molar-refractivity contribution in [3.05, 3.63) is 34.7 Å². The van der Waals surface area contributed by atoms with Gasteiger partial charge in [0.25, 0.3) is 0 Å². The molecule has 0 N–H and O–H groups in total. The molecule has 2 rings (SSSR count). The fourth-order valence-electron chi connectivity index (χ4n) is 1.52. The Morgan fingerprint density at radius 2 is 2.14 bits per heavy atom. The molecule has 3 heteroatoms. The molecule has 0 saturated carbocycles. The maximum absolute atomic E-state index is 10.7. The number of alkyl halides is 1. The van der Waals surface area contributed by atoms with E-state index in [0.29, 0.717) is 0 Å². The third-order valence-corrected chi connectivity index (χ3v) is 4.58. The van der Waals surface area contributed by atoms with Crippen molar-refractivity contribution in [2.75, 3.05) is 0 Å². The van der Waals surface area contributed by atoms with E-state index in [1.54, 1.807) is 11.3 Å². The van der Waals surface area contributed by atoms with E-state index in [-0.39, 0.29) is 4.83 Å². The van der Waals surface area contributed by atoms with Crippen LogP contribution in [-0.4, -0.2) is 6.29 Å². The Hall–Kier alpha value is -0.670. The highest BCUT2D eigenvalue weighted by atomic mass is 79.9. The molecule has 0 aliphatic heterocycles. The van der Waals surface area contributed by atoms with Crippen LogP contribution in [0.3, 0.4) is 0 Å². The van der Waals surface area contributed by atoms with Crippen molar-refractivity contribution in [2.45, 2.75) is 11.8 Å². The van der Waals surface area contributed by atoms with Crippen LogP contribution in [0.1, 0.15) is 15.3 Å². The number of rotatable bonds is 2. The van der Waals surface area contributed by atoms with Gasteiger partial charge in [-0.1, -0.05) is 34.1 Å². The molecule has 0 fully saturated rings. The molecule has 1 aromatic heterocycles. The van der Waals surface area contributed by atoms with Crippen molar-refractivity contribution >= 4 is 43.6 Å². The van der Waals surface area contributed by atoms with Crippen molar-refractivity contribution in [3.63, 3.8) is 0 Å². The Balaban J connectivity index is 2.68. The van der Waals surface area contributed by atoms with E-state index >= 15 is 0 Å². The van der Waals surface area contributed by atoms with Crippen LogP contribution in [0.25, 0.3) is 10.1 Å². The highest BCUT2D eigenvalue weighted by Crippen LogP contribution is 2.36. The highest BCUT2D eigenvalue weighted by molar-refractivity contribution is 9.09. The summed E-state index contributed by atoms with van der Waals surface area (Å²) in [6.07, 6.45) is 0.928. The monoisotopic (exact) mass is 268 g/mol. The van der Waals surface area contributed by atoms with Crippen molar-refractivity contribution in [2.24, 2.45) is 0 Å². The number of carbonyl (C=O) groups is 1. The van der Waals surface area contributed by atoms with E-state index in [2.05, 4.69) is 35.0 Å². The smallest absolute Gasteiger partial charge is 0.138 e. The average Bonchev–Trinajstić information content (AvgIpc) is 2.56. The van der Waals surface area contributed by atoms with E-state index in [1.165, 1.54) is 15.6 Å². The lowest BCUT2D eigenvalue weighted by atomic mass is 10.1. The minimum Gasteiger partial charge on any atom is -0.302 e. The molecule has 0 aliphatic rings. The lowest BCUT2D eigenvalue weighted by Crippen LogP contribution is -1.88. The minimum atomic E-state index is -0.167. The fourth-order valence-corrected chi connectivity index (χ4v) is 3.29. The summed E-state index contributed by atoms with van der Waals surface area (Å²) in [7, 11) is 0. The van der Waals surface area contributed by atoms with Crippen LogP contribution in [0, 0.1) is 6.92 Å². The Morgan fingerprint density at radius 3 is 2.79 bits per heavy atom. The predicted molar refractivity (Wildman–Crippen MR) is 64.3 cm³/mol. The number of benzene rings is 1. The van der Waals surface area contributed by atoms with Gasteiger partial charge in [-0.2, -0.15) is 0 Å². The van der Waals surface area contributed by atoms with Crippen molar-refractivity contribution in [3.8, 4) is 0 Å². The van der Waals surface area contributed by atoms with Gasteiger partial charge in [-0.15, -0.1) is 11.3 Å². The van der Waals surface area contributed by atoms with Gasteiger partial charge in [0, 0.05) is 9.58 Å². The van der Waals surface area contributed by atoms with Crippen LogP contribution in [0.5, 0.6) is 0 Å². The lowest BCUT2D eigenvalue weighted by Gasteiger charge is -1.98. The second-order valence-corrected chi connectivity index (χ2v) is 5.20. The molecule has 1 aromatic carbocycles. The van der Waals surface area contributed by atoms with E-state index in [1.807, 2.05) is 12.1 Å². The van der Waals surface area contributed by atoms with Gasteiger partial charge in [0.1, 0.15) is 11.1 Å². The first-order chi connectivity index (χ1) is 6.74. The minimum absolute atomic E-state index is 0.167. The molecule has 1 atom stereocenters. The normalized spacial score (nSPS) is 13.0. The molecular weight excluding hydrogens is 260 g/mol. The Bertz CT molecular complexity index is 475. The number of fused-ring (bicyclic) bond motifs is 1. The highest BCUT2D eigenvalue weighted by Gasteiger charge is 2.14. The molecule has 0 aliphatic carbocycles. The number of aldehydes is 1. The maximum Gasteiger partial charge on any atom is 0.138 e. The lowest BCUT2D eigenvalue weighted by molar-refractivity contribution is -0.107. The Morgan fingerprint density at radius 1 is 1.43 bits per heavy atom. The number of hydrogen-bond donors (Lipinski definition) is 0. The summed E-state index contributed by atoms with van der Waals surface area (Å²) in [6, 6.07) is 8.22. The van der Waals surface area contributed by atoms with Gasteiger partial charge in [-0.25, -0.2) is 0 Å². The molecule has 0 radical (unpaired) electrons. The summed E-state index contributed by atoms with van der Waals surface area (Å²) >= 11 is 5.03. The van der Waals surface area contributed by atoms with Gasteiger partial charge in [0.2, 0.25) is 0 Å². The first-order valence-corrected chi connectivity index (χ1v) is 6.04. The topological polar surface area (TPSA) is 17.1 Å². The maximum atomic E-state index is 10.7. The number of carbonyl (C=O) groups excluding carboxylic acids is 1. The van der Waals surface area contributed by atoms with Crippen molar-refractivity contribution in [1.29, 1.82) is 0 Å². The quantitative estimate of drug-likeness (QED) is 0.598. The number of aryl methyl sites for hydroxylation is 1. The summed E-state index contributed by atoms with van der Waals surface area (Å²) < 4.78 is 1.24. The molecular formula is C11H9BrOS. The van der Waals surface area contributed by atoms with Crippen LogP contribution < -0.4 is 0 Å². The van der Waals surface area contributed by atoms with E-state index < -0.39 is 0 Å². The van der Waals surface area contributed by atoms with Gasteiger partial charge in [-0.05, 0) is 23.9 Å². The summed E-state index contributed by atoms with van der Waals surface area (Å²) in [5.41, 5.74) is 1.21. The molecule has 72 valence electrons. The van der Waals surface area contributed by atoms with E-state index in [9.17, 15) is 4.79 Å². The van der Waals surface area contributed by atoms with Gasteiger partial charge in [0.15, 0.2) is 0 Å². The summed E-state index contributed by atoms with van der Waals surface area (Å²) in [4.78, 5) is 11.6. The molecule has 0 saturated heterocycles. The standard InChI is InChI=1S/C11H9BrOS/c1-7-8-4-2-3-5-10(8)14-11(7)9(12)6-13/h2-6,9H,1H3. The van der Waals surface area contributed by atoms with Crippen LogP contribution >= 0.6 is 27.3 Å². The molecule has 1 unspecified atom stereocenters. The molecule has 14 heavy (non-hydrogen) atoms. The van der Waals surface area contributed by atoms with Crippen LogP contribution in [0.2, 0.25) is 0 Å². The SMILES string of the molecule is Cc1c(C(Br)C=O)sc2ccccc12. The summed E-state index contributed by atoms with van der Waals surface area (Å²) in [6.45, 7) is 2.06. The molecule has 1 heterocycles. The van der Waals surface area contributed by atoms with E-state index in [4.69, 9.17) is 0 Å². The predicted octanol–water partition coefficient (Wildman–Crippen LogP) is 3.84. The summed E-state index contributed by atoms with van der Waals surface area (Å²) in [5.74, 6) is 0. The fraction of sp³-hybridized carbons (Fsp3) is 0.182. The molecule has 1 nitrogen and oxygen atoms in total. The van der Waals surface area contributed by atoms with Gasteiger partial charge in [-0.3, -0.25) is 0 Å². The first-order valence-electron chi connectivity index (χ1n) is 4.31. The van der Waals surface area contributed by atoms with Crippen molar-refractivity contribution in [1.82, 2.24) is 0 Å². The van der Waals surface area contributed by atoms with Gasteiger partial charge < -0.3 is 4.79 Å². The molecule has 0 amide bonds. The average molecular weight is 269 g/mol. The Kier molecular flexibility index (Phi) is 2.70. The first kappa shape index (κ1) is 9.87.